The van der Waals surface area contributed by atoms with E-state index in [1.165, 1.54) is 19.2 Å². The Bertz CT molecular complexity index is 361. The third-order valence-electron chi connectivity index (χ3n) is 3.12. The zero-order chi connectivity index (χ0) is 12.1. The highest BCUT2D eigenvalue weighted by atomic mass is 35.5. The van der Waals surface area contributed by atoms with Gasteiger partial charge < -0.3 is 10.1 Å². The summed E-state index contributed by atoms with van der Waals surface area (Å²) in [6.45, 7) is 2.56. The lowest BCUT2D eigenvalue weighted by Gasteiger charge is -2.19. The molecule has 0 spiro atoms. The SMILES string of the molecule is CCOc1cc(NC2CCCC2CCl)ncn1. The monoisotopic (exact) mass is 255 g/mol. The van der Waals surface area contributed by atoms with E-state index in [4.69, 9.17) is 16.3 Å². The lowest BCUT2D eigenvalue weighted by Crippen LogP contribution is -2.25. The summed E-state index contributed by atoms with van der Waals surface area (Å²) in [5, 5.41) is 3.43. The third kappa shape index (κ3) is 3.22. The molecular formula is C12H18ClN3O. The van der Waals surface area contributed by atoms with E-state index >= 15 is 0 Å². The van der Waals surface area contributed by atoms with Gasteiger partial charge in [-0.1, -0.05) is 6.42 Å². The van der Waals surface area contributed by atoms with Crippen LogP contribution in [0, 0.1) is 5.92 Å². The summed E-state index contributed by atoms with van der Waals surface area (Å²) in [6.07, 6.45) is 5.12. The van der Waals surface area contributed by atoms with Gasteiger partial charge in [-0.3, -0.25) is 0 Å². The van der Waals surface area contributed by atoms with Gasteiger partial charge in [-0.25, -0.2) is 9.97 Å². The quantitative estimate of drug-likeness (QED) is 0.822. The molecule has 0 bridgehead atoms. The van der Waals surface area contributed by atoms with Crippen LogP contribution < -0.4 is 10.1 Å². The molecule has 17 heavy (non-hydrogen) atoms. The molecule has 1 aromatic heterocycles. The Morgan fingerprint density at radius 2 is 2.35 bits per heavy atom. The number of rotatable bonds is 5. The van der Waals surface area contributed by atoms with Crippen molar-refractivity contribution in [3.05, 3.63) is 12.4 Å². The van der Waals surface area contributed by atoms with Crippen LogP contribution in [0.25, 0.3) is 0 Å². The standard InChI is InChI=1S/C12H18ClN3O/c1-2-17-12-6-11(14-8-15-12)16-10-5-3-4-9(10)7-13/h6,8-10H,2-5,7H2,1H3,(H,14,15,16). The smallest absolute Gasteiger partial charge is 0.218 e. The third-order valence-corrected chi connectivity index (χ3v) is 3.52. The average molecular weight is 256 g/mol. The Kier molecular flexibility index (Phi) is 4.42. The van der Waals surface area contributed by atoms with E-state index in [0.29, 0.717) is 30.3 Å². The predicted molar refractivity (Wildman–Crippen MR) is 68.7 cm³/mol. The van der Waals surface area contributed by atoms with Crippen LogP contribution in [0.5, 0.6) is 5.88 Å². The van der Waals surface area contributed by atoms with Crippen LogP contribution in [-0.4, -0.2) is 28.5 Å². The molecule has 0 radical (unpaired) electrons. The fraction of sp³-hybridized carbons (Fsp3) is 0.667. The molecule has 1 saturated carbocycles. The van der Waals surface area contributed by atoms with Crippen LogP contribution in [0.1, 0.15) is 26.2 Å². The highest BCUT2D eigenvalue weighted by Crippen LogP contribution is 2.29. The maximum Gasteiger partial charge on any atom is 0.218 e. The molecule has 94 valence electrons. The van der Waals surface area contributed by atoms with Gasteiger partial charge in [0.15, 0.2) is 0 Å². The topological polar surface area (TPSA) is 47.0 Å². The Morgan fingerprint density at radius 3 is 3.12 bits per heavy atom. The summed E-state index contributed by atoms with van der Waals surface area (Å²) < 4.78 is 5.35. The summed E-state index contributed by atoms with van der Waals surface area (Å²) >= 11 is 5.95. The number of anilines is 1. The van der Waals surface area contributed by atoms with Gasteiger partial charge in [-0.15, -0.1) is 11.6 Å². The van der Waals surface area contributed by atoms with Gasteiger partial charge in [0.2, 0.25) is 5.88 Å². The number of aromatic nitrogens is 2. The van der Waals surface area contributed by atoms with Crippen molar-refractivity contribution < 1.29 is 4.74 Å². The summed E-state index contributed by atoms with van der Waals surface area (Å²) in [5.41, 5.74) is 0. The second-order valence-corrected chi connectivity index (χ2v) is 4.58. The van der Waals surface area contributed by atoms with E-state index in [0.717, 1.165) is 12.2 Å². The van der Waals surface area contributed by atoms with Crippen molar-refractivity contribution in [2.24, 2.45) is 5.92 Å². The first-order valence-corrected chi connectivity index (χ1v) is 6.64. The summed E-state index contributed by atoms with van der Waals surface area (Å²) in [6, 6.07) is 2.27. The minimum absolute atomic E-state index is 0.428. The molecule has 2 atom stereocenters. The first kappa shape index (κ1) is 12.4. The molecule has 1 fully saturated rings. The molecule has 0 aromatic carbocycles. The Labute approximate surface area is 107 Å². The maximum absolute atomic E-state index is 5.95. The zero-order valence-corrected chi connectivity index (χ0v) is 10.8. The summed E-state index contributed by atoms with van der Waals surface area (Å²) in [7, 11) is 0. The highest BCUT2D eigenvalue weighted by Gasteiger charge is 2.26. The molecule has 4 nitrogen and oxygen atoms in total. The number of halogens is 1. The predicted octanol–water partition coefficient (Wildman–Crippen LogP) is 2.69. The molecule has 0 aliphatic heterocycles. The van der Waals surface area contributed by atoms with E-state index in [-0.39, 0.29) is 0 Å². The van der Waals surface area contributed by atoms with Crippen molar-refractivity contribution in [2.45, 2.75) is 32.2 Å². The second kappa shape index (κ2) is 6.05. The second-order valence-electron chi connectivity index (χ2n) is 4.27. The van der Waals surface area contributed by atoms with Crippen LogP contribution in [0.2, 0.25) is 0 Å². The van der Waals surface area contributed by atoms with Crippen LogP contribution >= 0.6 is 11.6 Å². The van der Waals surface area contributed by atoms with Gasteiger partial charge in [-0.05, 0) is 25.7 Å². The van der Waals surface area contributed by atoms with Gasteiger partial charge >= 0.3 is 0 Å². The lowest BCUT2D eigenvalue weighted by molar-refractivity contribution is 0.326. The highest BCUT2D eigenvalue weighted by molar-refractivity contribution is 6.18. The van der Waals surface area contributed by atoms with Crippen LogP contribution in [-0.2, 0) is 0 Å². The number of nitrogens with zero attached hydrogens (tertiary/aromatic N) is 2. The van der Waals surface area contributed by atoms with E-state index in [1.54, 1.807) is 0 Å². The van der Waals surface area contributed by atoms with Gasteiger partial charge in [0.1, 0.15) is 12.1 Å². The van der Waals surface area contributed by atoms with Crippen molar-refractivity contribution >= 4 is 17.4 Å². The normalized spacial score (nSPS) is 23.6. The molecule has 2 unspecified atom stereocenters. The molecular weight excluding hydrogens is 238 g/mol. The maximum atomic E-state index is 5.95. The fourth-order valence-corrected chi connectivity index (χ4v) is 2.62. The molecule has 1 aliphatic carbocycles. The van der Waals surface area contributed by atoms with Gasteiger partial charge in [0, 0.05) is 18.0 Å². The number of hydrogen-bond acceptors (Lipinski definition) is 4. The van der Waals surface area contributed by atoms with Gasteiger partial charge in [-0.2, -0.15) is 0 Å². The first-order chi connectivity index (χ1) is 8.33. The molecule has 5 heteroatoms. The number of alkyl halides is 1. The lowest BCUT2D eigenvalue weighted by atomic mass is 10.1. The number of hydrogen-bond donors (Lipinski definition) is 1. The Balaban J connectivity index is 2.00. The minimum atomic E-state index is 0.428. The van der Waals surface area contributed by atoms with Crippen molar-refractivity contribution in [3.63, 3.8) is 0 Å². The summed E-state index contributed by atoms with van der Waals surface area (Å²) in [5.74, 6) is 2.69. The fourth-order valence-electron chi connectivity index (χ4n) is 2.25. The van der Waals surface area contributed by atoms with Crippen LogP contribution in [0.15, 0.2) is 12.4 Å². The summed E-state index contributed by atoms with van der Waals surface area (Å²) in [4.78, 5) is 8.25. The Morgan fingerprint density at radius 1 is 1.47 bits per heavy atom. The zero-order valence-electron chi connectivity index (χ0n) is 10.0. The molecule has 0 amide bonds. The average Bonchev–Trinajstić information content (AvgIpc) is 2.77. The van der Waals surface area contributed by atoms with Crippen molar-refractivity contribution in [3.8, 4) is 5.88 Å². The van der Waals surface area contributed by atoms with Crippen molar-refractivity contribution in [1.29, 1.82) is 0 Å². The molecule has 1 N–H and O–H groups in total. The number of ether oxygens (including phenoxy) is 1. The van der Waals surface area contributed by atoms with E-state index in [9.17, 15) is 0 Å². The molecule has 2 rings (SSSR count). The van der Waals surface area contributed by atoms with Gasteiger partial charge in [0.25, 0.3) is 0 Å². The molecule has 0 saturated heterocycles. The van der Waals surface area contributed by atoms with Crippen molar-refractivity contribution in [1.82, 2.24) is 9.97 Å². The van der Waals surface area contributed by atoms with Crippen LogP contribution in [0.4, 0.5) is 5.82 Å². The molecule has 1 heterocycles. The van der Waals surface area contributed by atoms with E-state index in [2.05, 4.69) is 15.3 Å². The molecule has 1 aliphatic rings. The van der Waals surface area contributed by atoms with E-state index < -0.39 is 0 Å². The van der Waals surface area contributed by atoms with E-state index in [1.807, 2.05) is 13.0 Å². The largest absolute Gasteiger partial charge is 0.478 e. The minimum Gasteiger partial charge on any atom is -0.478 e. The number of nitrogens with one attached hydrogen (secondary N) is 1. The van der Waals surface area contributed by atoms with Gasteiger partial charge in [0.05, 0.1) is 6.61 Å². The molecule has 1 aromatic rings. The first-order valence-electron chi connectivity index (χ1n) is 6.10. The Hall–Kier alpha value is -1.03. The van der Waals surface area contributed by atoms with Crippen LogP contribution in [0.3, 0.4) is 0 Å². The van der Waals surface area contributed by atoms with Crippen molar-refractivity contribution in [2.75, 3.05) is 17.8 Å².